The Morgan fingerprint density at radius 1 is 1.33 bits per heavy atom. The highest BCUT2D eigenvalue weighted by atomic mass is 16.3. The molecule has 1 aliphatic heterocycles. The van der Waals surface area contributed by atoms with Crippen LogP contribution in [-0.4, -0.2) is 35.1 Å². The monoisotopic (exact) mass is 242 g/mol. The van der Waals surface area contributed by atoms with Gasteiger partial charge in [0, 0.05) is 18.1 Å². The van der Waals surface area contributed by atoms with Gasteiger partial charge in [0.15, 0.2) is 0 Å². The highest BCUT2D eigenvalue weighted by Crippen LogP contribution is 2.32. The van der Waals surface area contributed by atoms with E-state index in [0.29, 0.717) is 6.54 Å². The summed E-state index contributed by atoms with van der Waals surface area (Å²) in [6.07, 6.45) is 3.66. The van der Waals surface area contributed by atoms with Crippen molar-refractivity contribution in [2.24, 2.45) is 0 Å². The second-order valence-corrected chi connectivity index (χ2v) is 5.28. The molecule has 1 N–H and O–H groups in total. The Bertz CT molecular complexity index is 569. The van der Waals surface area contributed by atoms with Gasteiger partial charge in [0.25, 0.3) is 0 Å². The summed E-state index contributed by atoms with van der Waals surface area (Å²) in [5, 5.41) is 11.9. The van der Waals surface area contributed by atoms with E-state index >= 15 is 0 Å². The standard InChI is InChI=1S/C15H18N2O/c1-17-9-3-7-15(18,11-17)13-6-5-12-4-2-8-16-14(12)10-13/h2,4-6,8,10,18H,3,7,9,11H2,1H3. The lowest BCUT2D eigenvalue weighted by molar-refractivity contribution is -0.0276. The number of benzene rings is 1. The molecule has 1 unspecified atom stereocenters. The average Bonchev–Trinajstić information content (AvgIpc) is 2.38. The number of likely N-dealkylation sites (N-methyl/N-ethyl adjacent to an activating group) is 1. The Labute approximate surface area is 107 Å². The average molecular weight is 242 g/mol. The van der Waals surface area contributed by atoms with E-state index in [4.69, 9.17) is 0 Å². The topological polar surface area (TPSA) is 36.4 Å². The smallest absolute Gasteiger partial charge is 0.102 e. The Kier molecular flexibility index (Phi) is 2.80. The molecular weight excluding hydrogens is 224 g/mol. The predicted octanol–water partition coefficient (Wildman–Crippen LogP) is 2.15. The summed E-state index contributed by atoms with van der Waals surface area (Å²) in [5.41, 5.74) is 1.22. The number of piperidine rings is 1. The highest BCUT2D eigenvalue weighted by Gasteiger charge is 2.33. The third kappa shape index (κ3) is 2.00. The zero-order chi connectivity index (χ0) is 12.6. The van der Waals surface area contributed by atoms with E-state index in [1.54, 1.807) is 6.20 Å². The molecule has 3 nitrogen and oxygen atoms in total. The maximum Gasteiger partial charge on any atom is 0.102 e. The Balaban J connectivity index is 2.02. The summed E-state index contributed by atoms with van der Waals surface area (Å²) >= 11 is 0. The van der Waals surface area contributed by atoms with Crippen molar-refractivity contribution in [3.05, 3.63) is 42.1 Å². The van der Waals surface area contributed by atoms with Crippen LogP contribution in [0, 0.1) is 0 Å². The number of aromatic nitrogens is 1. The minimum Gasteiger partial charge on any atom is -0.384 e. The van der Waals surface area contributed by atoms with Crippen LogP contribution in [0.25, 0.3) is 10.9 Å². The van der Waals surface area contributed by atoms with Crippen molar-refractivity contribution in [2.75, 3.05) is 20.1 Å². The molecule has 18 heavy (non-hydrogen) atoms. The number of β-amino-alcohol motifs (C(OH)–C–C–N with tert-alkyl or cyclic N) is 1. The largest absolute Gasteiger partial charge is 0.384 e. The molecule has 1 atom stereocenters. The predicted molar refractivity (Wildman–Crippen MR) is 72.4 cm³/mol. The summed E-state index contributed by atoms with van der Waals surface area (Å²) in [6, 6.07) is 10.1. The van der Waals surface area contributed by atoms with Gasteiger partial charge >= 0.3 is 0 Å². The number of aliphatic hydroxyl groups is 1. The minimum absolute atomic E-state index is 0.700. The molecule has 1 saturated heterocycles. The van der Waals surface area contributed by atoms with Crippen LogP contribution in [0.1, 0.15) is 18.4 Å². The Hall–Kier alpha value is -1.45. The Morgan fingerprint density at radius 3 is 3.06 bits per heavy atom. The maximum absolute atomic E-state index is 10.8. The number of likely N-dealkylation sites (tertiary alicyclic amines) is 1. The molecule has 0 saturated carbocycles. The minimum atomic E-state index is -0.724. The van der Waals surface area contributed by atoms with Crippen molar-refractivity contribution < 1.29 is 5.11 Å². The fraction of sp³-hybridized carbons (Fsp3) is 0.400. The summed E-state index contributed by atoms with van der Waals surface area (Å²) in [5.74, 6) is 0. The van der Waals surface area contributed by atoms with E-state index < -0.39 is 5.60 Å². The van der Waals surface area contributed by atoms with E-state index in [2.05, 4.69) is 16.9 Å². The molecule has 1 fully saturated rings. The first-order chi connectivity index (χ1) is 8.67. The van der Waals surface area contributed by atoms with Crippen LogP contribution < -0.4 is 0 Å². The third-order valence-corrected chi connectivity index (χ3v) is 3.80. The van der Waals surface area contributed by atoms with Gasteiger partial charge in [-0.25, -0.2) is 0 Å². The molecule has 3 heteroatoms. The van der Waals surface area contributed by atoms with E-state index in [9.17, 15) is 5.11 Å². The van der Waals surface area contributed by atoms with E-state index in [-0.39, 0.29) is 0 Å². The highest BCUT2D eigenvalue weighted by molar-refractivity contribution is 5.79. The van der Waals surface area contributed by atoms with Crippen LogP contribution in [0.2, 0.25) is 0 Å². The molecule has 2 heterocycles. The van der Waals surface area contributed by atoms with Crippen molar-refractivity contribution >= 4 is 10.9 Å². The van der Waals surface area contributed by atoms with Gasteiger partial charge in [-0.1, -0.05) is 18.2 Å². The summed E-state index contributed by atoms with van der Waals surface area (Å²) in [7, 11) is 2.06. The SMILES string of the molecule is CN1CCCC(O)(c2ccc3cccnc3c2)C1. The number of pyridine rings is 1. The molecule has 1 aromatic carbocycles. The zero-order valence-corrected chi connectivity index (χ0v) is 10.6. The first-order valence-corrected chi connectivity index (χ1v) is 6.44. The first-order valence-electron chi connectivity index (χ1n) is 6.44. The van der Waals surface area contributed by atoms with Gasteiger partial charge in [-0.15, -0.1) is 0 Å². The van der Waals surface area contributed by atoms with Gasteiger partial charge in [0.2, 0.25) is 0 Å². The molecule has 0 bridgehead atoms. The number of fused-ring (bicyclic) bond motifs is 1. The van der Waals surface area contributed by atoms with Crippen LogP contribution in [0.15, 0.2) is 36.5 Å². The summed E-state index contributed by atoms with van der Waals surface area (Å²) in [4.78, 5) is 6.55. The number of nitrogens with zero attached hydrogens (tertiary/aromatic N) is 2. The van der Waals surface area contributed by atoms with Gasteiger partial charge in [-0.05, 0) is 44.1 Å². The molecule has 94 valence electrons. The third-order valence-electron chi connectivity index (χ3n) is 3.80. The Morgan fingerprint density at radius 2 is 2.22 bits per heavy atom. The molecule has 1 aliphatic rings. The van der Waals surface area contributed by atoms with Gasteiger partial charge in [0.05, 0.1) is 5.52 Å². The van der Waals surface area contributed by atoms with E-state index in [0.717, 1.165) is 35.9 Å². The van der Waals surface area contributed by atoms with Crippen molar-refractivity contribution in [1.29, 1.82) is 0 Å². The first kappa shape index (κ1) is 11.6. The molecule has 1 aromatic heterocycles. The molecule has 0 aliphatic carbocycles. The van der Waals surface area contributed by atoms with E-state index in [1.165, 1.54) is 0 Å². The van der Waals surface area contributed by atoms with Crippen LogP contribution in [-0.2, 0) is 5.60 Å². The maximum atomic E-state index is 10.8. The zero-order valence-electron chi connectivity index (χ0n) is 10.6. The van der Waals surface area contributed by atoms with Crippen molar-refractivity contribution in [3.63, 3.8) is 0 Å². The number of rotatable bonds is 1. The molecule has 3 rings (SSSR count). The van der Waals surface area contributed by atoms with Crippen molar-refractivity contribution in [1.82, 2.24) is 9.88 Å². The normalized spacial score (nSPS) is 25.4. The lowest BCUT2D eigenvalue weighted by Gasteiger charge is -2.37. The lowest BCUT2D eigenvalue weighted by Crippen LogP contribution is -2.44. The molecule has 2 aromatic rings. The van der Waals surface area contributed by atoms with Crippen LogP contribution in [0.5, 0.6) is 0 Å². The number of hydrogen-bond donors (Lipinski definition) is 1. The number of hydrogen-bond acceptors (Lipinski definition) is 3. The van der Waals surface area contributed by atoms with Crippen molar-refractivity contribution in [2.45, 2.75) is 18.4 Å². The second kappa shape index (κ2) is 4.34. The summed E-state index contributed by atoms with van der Waals surface area (Å²) < 4.78 is 0. The van der Waals surface area contributed by atoms with Crippen LogP contribution >= 0.6 is 0 Å². The molecule has 0 amide bonds. The van der Waals surface area contributed by atoms with Crippen molar-refractivity contribution in [3.8, 4) is 0 Å². The van der Waals surface area contributed by atoms with Crippen LogP contribution in [0.3, 0.4) is 0 Å². The second-order valence-electron chi connectivity index (χ2n) is 5.28. The van der Waals surface area contributed by atoms with E-state index in [1.807, 2.05) is 30.3 Å². The van der Waals surface area contributed by atoms with Gasteiger partial charge < -0.3 is 10.0 Å². The van der Waals surface area contributed by atoms with Gasteiger partial charge in [-0.2, -0.15) is 0 Å². The molecule has 0 spiro atoms. The van der Waals surface area contributed by atoms with Gasteiger partial charge in [0.1, 0.15) is 5.60 Å². The quantitative estimate of drug-likeness (QED) is 0.832. The van der Waals surface area contributed by atoms with Gasteiger partial charge in [-0.3, -0.25) is 4.98 Å². The molecule has 0 radical (unpaired) electrons. The van der Waals surface area contributed by atoms with Crippen LogP contribution in [0.4, 0.5) is 0 Å². The lowest BCUT2D eigenvalue weighted by atomic mass is 9.85. The molecular formula is C15H18N2O. The fourth-order valence-corrected chi connectivity index (χ4v) is 2.84. The fourth-order valence-electron chi connectivity index (χ4n) is 2.84. The summed E-state index contributed by atoms with van der Waals surface area (Å²) in [6.45, 7) is 1.76.